The summed E-state index contributed by atoms with van der Waals surface area (Å²) in [6.07, 6.45) is 3.53. The number of rotatable bonds is 4. The molecule has 0 unspecified atom stereocenters. The van der Waals surface area contributed by atoms with E-state index in [0.29, 0.717) is 0 Å². The average Bonchev–Trinajstić information content (AvgIpc) is 2.86. The van der Waals surface area contributed by atoms with Gasteiger partial charge in [-0.15, -0.1) is 0 Å². The lowest BCUT2D eigenvalue weighted by Crippen LogP contribution is -2.47. The zero-order chi connectivity index (χ0) is 13.7. The number of anilines is 1. The van der Waals surface area contributed by atoms with Gasteiger partial charge in [0.2, 0.25) is 5.91 Å². The largest absolute Gasteiger partial charge is 0.376 e. The van der Waals surface area contributed by atoms with Crippen molar-refractivity contribution in [3.63, 3.8) is 0 Å². The summed E-state index contributed by atoms with van der Waals surface area (Å²) in [6.45, 7) is 0.180. The molecule has 0 aromatic heterocycles. The van der Waals surface area contributed by atoms with Crippen LogP contribution in [0.2, 0.25) is 0 Å². The summed E-state index contributed by atoms with van der Waals surface area (Å²) in [7, 11) is 0. The molecule has 1 aromatic rings. The predicted molar refractivity (Wildman–Crippen MR) is 77.6 cm³/mol. The summed E-state index contributed by atoms with van der Waals surface area (Å²) < 4.78 is 0.960. The molecule has 0 aliphatic heterocycles. The Balaban J connectivity index is 1.87. The van der Waals surface area contributed by atoms with E-state index in [0.717, 1.165) is 35.8 Å². The third kappa shape index (κ3) is 3.71. The first kappa shape index (κ1) is 13.9. The summed E-state index contributed by atoms with van der Waals surface area (Å²) >= 11 is 3.38. The standard InChI is InChI=1S/C14H16BrN3O/c15-11-4-3-5-12(8-11)17-9-13(19)18-14(10-16)6-1-2-7-14/h3-5,8,17H,1-2,6-7,9H2,(H,18,19). The molecule has 1 fully saturated rings. The van der Waals surface area contributed by atoms with Gasteiger partial charge in [0.15, 0.2) is 0 Å². The quantitative estimate of drug-likeness (QED) is 0.896. The Morgan fingerprint density at radius 2 is 2.16 bits per heavy atom. The molecule has 0 radical (unpaired) electrons. The van der Waals surface area contributed by atoms with E-state index < -0.39 is 5.54 Å². The minimum Gasteiger partial charge on any atom is -0.376 e. The summed E-state index contributed by atoms with van der Waals surface area (Å²) in [4.78, 5) is 11.9. The van der Waals surface area contributed by atoms with Gasteiger partial charge in [0.25, 0.3) is 0 Å². The van der Waals surface area contributed by atoms with E-state index in [4.69, 9.17) is 0 Å². The van der Waals surface area contributed by atoms with E-state index in [1.165, 1.54) is 0 Å². The minimum atomic E-state index is -0.643. The van der Waals surface area contributed by atoms with E-state index in [1.807, 2.05) is 24.3 Å². The third-order valence-electron chi connectivity index (χ3n) is 3.33. The first-order valence-electron chi connectivity index (χ1n) is 6.35. The van der Waals surface area contributed by atoms with Crippen LogP contribution < -0.4 is 10.6 Å². The zero-order valence-corrected chi connectivity index (χ0v) is 12.2. The van der Waals surface area contributed by atoms with Gasteiger partial charge in [-0.3, -0.25) is 4.79 Å². The maximum absolute atomic E-state index is 11.9. The maximum Gasteiger partial charge on any atom is 0.240 e. The van der Waals surface area contributed by atoms with Crippen LogP contribution in [0.3, 0.4) is 0 Å². The highest BCUT2D eigenvalue weighted by atomic mass is 79.9. The highest BCUT2D eigenvalue weighted by Crippen LogP contribution is 2.28. The van der Waals surface area contributed by atoms with E-state index in [1.54, 1.807) is 0 Å². The highest BCUT2D eigenvalue weighted by Gasteiger charge is 2.35. The fourth-order valence-electron chi connectivity index (χ4n) is 2.34. The number of nitrogens with one attached hydrogen (secondary N) is 2. The molecule has 0 bridgehead atoms. The smallest absolute Gasteiger partial charge is 0.240 e. The van der Waals surface area contributed by atoms with Gasteiger partial charge in [-0.1, -0.05) is 22.0 Å². The molecule has 1 amide bonds. The van der Waals surface area contributed by atoms with Crippen LogP contribution in [0, 0.1) is 11.3 Å². The van der Waals surface area contributed by atoms with Gasteiger partial charge in [0, 0.05) is 10.2 Å². The van der Waals surface area contributed by atoms with Gasteiger partial charge in [0.1, 0.15) is 5.54 Å². The fourth-order valence-corrected chi connectivity index (χ4v) is 2.73. The monoisotopic (exact) mass is 321 g/mol. The summed E-state index contributed by atoms with van der Waals surface area (Å²) in [5, 5.41) is 15.1. The number of carbonyl (C=O) groups excluding carboxylic acids is 1. The van der Waals surface area contributed by atoms with Crippen LogP contribution in [0.4, 0.5) is 5.69 Å². The SMILES string of the molecule is N#CC1(NC(=O)CNc2cccc(Br)c2)CCCC1. The van der Waals surface area contributed by atoms with Gasteiger partial charge >= 0.3 is 0 Å². The van der Waals surface area contributed by atoms with Gasteiger partial charge in [-0.2, -0.15) is 5.26 Å². The normalized spacial score (nSPS) is 16.6. The molecular weight excluding hydrogens is 306 g/mol. The van der Waals surface area contributed by atoms with Crippen molar-refractivity contribution in [2.24, 2.45) is 0 Å². The third-order valence-corrected chi connectivity index (χ3v) is 3.82. The minimum absolute atomic E-state index is 0.136. The van der Waals surface area contributed by atoms with Gasteiger partial charge < -0.3 is 10.6 Å². The molecule has 0 spiro atoms. The lowest BCUT2D eigenvalue weighted by Gasteiger charge is -2.22. The van der Waals surface area contributed by atoms with Crippen LogP contribution in [0.1, 0.15) is 25.7 Å². The number of halogens is 1. The van der Waals surface area contributed by atoms with Crippen LogP contribution in [0.5, 0.6) is 0 Å². The van der Waals surface area contributed by atoms with Crippen molar-refractivity contribution < 1.29 is 4.79 Å². The molecule has 19 heavy (non-hydrogen) atoms. The second kappa shape index (κ2) is 6.07. The molecule has 5 heteroatoms. The predicted octanol–water partition coefficient (Wildman–Crippen LogP) is 2.81. The number of benzene rings is 1. The van der Waals surface area contributed by atoms with E-state index >= 15 is 0 Å². The van der Waals surface area contributed by atoms with Crippen LogP contribution in [-0.2, 0) is 4.79 Å². The number of nitrogens with zero attached hydrogens (tertiary/aromatic N) is 1. The Morgan fingerprint density at radius 3 is 2.79 bits per heavy atom. The molecule has 1 aromatic carbocycles. The molecule has 1 aliphatic rings. The van der Waals surface area contributed by atoms with E-state index in [2.05, 4.69) is 32.6 Å². The average molecular weight is 322 g/mol. The Labute approximate surface area is 121 Å². The van der Waals surface area contributed by atoms with Crippen molar-refractivity contribution in [3.05, 3.63) is 28.7 Å². The molecule has 2 N–H and O–H groups in total. The van der Waals surface area contributed by atoms with Crippen molar-refractivity contribution in [1.82, 2.24) is 5.32 Å². The van der Waals surface area contributed by atoms with Crippen molar-refractivity contribution >= 4 is 27.5 Å². The number of hydrogen-bond donors (Lipinski definition) is 2. The van der Waals surface area contributed by atoms with Crippen LogP contribution in [-0.4, -0.2) is 18.0 Å². The van der Waals surface area contributed by atoms with Gasteiger partial charge in [-0.05, 0) is 43.9 Å². The molecule has 0 heterocycles. The molecule has 100 valence electrons. The topological polar surface area (TPSA) is 64.9 Å². The number of carbonyl (C=O) groups is 1. The van der Waals surface area contributed by atoms with Crippen LogP contribution >= 0.6 is 15.9 Å². The number of nitriles is 1. The summed E-state index contributed by atoms with van der Waals surface area (Å²) in [6, 6.07) is 9.88. The molecule has 1 aliphatic carbocycles. The first-order valence-corrected chi connectivity index (χ1v) is 7.15. The van der Waals surface area contributed by atoms with Gasteiger partial charge in [-0.25, -0.2) is 0 Å². The van der Waals surface area contributed by atoms with Crippen molar-refractivity contribution in [2.45, 2.75) is 31.2 Å². The lowest BCUT2D eigenvalue weighted by molar-refractivity contribution is -0.120. The zero-order valence-electron chi connectivity index (χ0n) is 10.6. The van der Waals surface area contributed by atoms with Crippen molar-refractivity contribution in [3.8, 4) is 6.07 Å². The number of hydrogen-bond acceptors (Lipinski definition) is 3. The Kier molecular flexibility index (Phi) is 4.43. The summed E-state index contributed by atoms with van der Waals surface area (Å²) in [5.74, 6) is -0.136. The van der Waals surface area contributed by atoms with Crippen LogP contribution in [0.25, 0.3) is 0 Å². The Bertz CT molecular complexity index is 504. The molecule has 0 saturated heterocycles. The molecule has 1 saturated carbocycles. The summed E-state index contributed by atoms with van der Waals surface area (Å²) in [5.41, 5.74) is 0.234. The molecule has 2 rings (SSSR count). The molecule has 0 atom stereocenters. The molecular formula is C14H16BrN3O. The molecule has 4 nitrogen and oxygen atoms in total. The second-order valence-corrected chi connectivity index (χ2v) is 5.73. The van der Waals surface area contributed by atoms with Crippen molar-refractivity contribution in [1.29, 1.82) is 5.26 Å². The Morgan fingerprint density at radius 1 is 1.42 bits per heavy atom. The van der Waals surface area contributed by atoms with Crippen LogP contribution in [0.15, 0.2) is 28.7 Å². The fraction of sp³-hybridized carbons (Fsp3) is 0.429. The maximum atomic E-state index is 11.9. The highest BCUT2D eigenvalue weighted by molar-refractivity contribution is 9.10. The second-order valence-electron chi connectivity index (χ2n) is 4.81. The van der Waals surface area contributed by atoms with Gasteiger partial charge in [0.05, 0.1) is 12.6 Å². The van der Waals surface area contributed by atoms with E-state index in [9.17, 15) is 10.1 Å². The van der Waals surface area contributed by atoms with Crippen molar-refractivity contribution in [2.75, 3.05) is 11.9 Å². The number of amides is 1. The lowest BCUT2D eigenvalue weighted by atomic mass is 10.00. The Hall–Kier alpha value is -1.54. The first-order chi connectivity index (χ1) is 9.13. The van der Waals surface area contributed by atoms with E-state index in [-0.39, 0.29) is 12.5 Å².